The van der Waals surface area contributed by atoms with Crippen molar-refractivity contribution < 1.29 is 23.9 Å². The third kappa shape index (κ3) is 10.0. The summed E-state index contributed by atoms with van der Waals surface area (Å²) in [7, 11) is 1.30. The van der Waals surface area contributed by atoms with Crippen molar-refractivity contribution in [3.63, 3.8) is 0 Å². The largest absolute Gasteiger partial charge is 0.466 e. The number of hydrogen-bond acceptors (Lipinski definition) is 5. The van der Waals surface area contributed by atoms with Gasteiger partial charge in [-0.25, -0.2) is 9.59 Å². The van der Waals surface area contributed by atoms with E-state index < -0.39 is 24.1 Å². The maximum atomic E-state index is 13.4. The van der Waals surface area contributed by atoms with Gasteiger partial charge in [-0.1, -0.05) is 97.1 Å². The van der Waals surface area contributed by atoms with Crippen LogP contribution < -0.4 is 10.6 Å². The number of rotatable bonds is 12. The van der Waals surface area contributed by atoms with E-state index in [-0.39, 0.29) is 18.9 Å². The van der Waals surface area contributed by atoms with Gasteiger partial charge in [-0.3, -0.25) is 4.79 Å². The van der Waals surface area contributed by atoms with Crippen LogP contribution in [0.3, 0.4) is 0 Å². The summed E-state index contributed by atoms with van der Waals surface area (Å²) >= 11 is 0. The van der Waals surface area contributed by atoms with Gasteiger partial charge in [-0.15, -0.1) is 0 Å². The zero-order valence-corrected chi connectivity index (χ0v) is 20.8. The average molecular weight is 501 g/mol. The highest BCUT2D eigenvalue weighted by molar-refractivity contribution is 5.86. The molecule has 0 saturated carbocycles. The highest BCUT2D eigenvalue weighted by Crippen LogP contribution is 2.09. The summed E-state index contributed by atoms with van der Waals surface area (Å²) in [5, 5.41) is 5.66. The van der Waals surface area contributed by atoms with E-state index in [4.69, 9.17) is 9.47 Å². The number of esters is 1. The number of methoxy groups -OCH3 is 1. The lowest BCUT2D eigenvalue weighted by Gasteiger charge is -2.22. The van der Waals surface area contributed by atoms with E-state index in [1.807, 2.05) is 91.0 Å². The van der Waals surface area contributed by atoms with E-state index in [9.17, 15) is 14.4 Å². The Morgan fingerprint density at radius 3 is 1.95 bits per heavy atom. The standard InChI is InChI=1S/C30H32N2O5/c1-36-28(33)20-19-26(18-17-23-11-5-2-6-12-23)31-29(34)27(21-24-13-7-3-8-14-24)32-30(35)37-22-25-15-9-4-10-16-25/h2-16,19-20,26-27H,17-18,21-22H2,1H3,(H,31,34)(H,32,35)/b20-19+. The molecular weight excluding hydrogens is 468 g/mol. The molecule has 0 radical (unpaired) electrons. The van der Waals surface area contributed by atoms with Crippen LogP contribution in [0.4, 0.5) is 4.79 Å². The van der Waals surface area contributed by atoms with Crippen LogP contribution in [0, 0.1) is 0 Å². The van der Waals surface area contributed by atoms with Crippen molar-refractivity contribution in [2.24, 2.45) is 0 Å². The predicted octanol–water partition coefficient (Wildman–Crippen LogP) is 4.37. The minimum absolute atomic E-state index is 0.0912. The Bertz CT molecular complexity index is 1150. The number of amides is 2. The normalized spacial score (nSPS) is 12.4. The van der Waals surface area contributed by atoms with Crippen molar-refractivity contribution in [2.45, 2.75) is 38.0 Å². The second kappa shape index (κ2) is 14.9. The van der Waals surface area contributed by atoms with E-state index in [0.717, 1.165) is 16.7 Å². The number of alkyl carbamates (subject to hydrolysis) is 1. The Hall–Kier alpha value is -4.39. The van der Waals surface area contributed by atoms with E-state index in [0.29, 0.717) is 12.8 Å². The minimum Gasteiger partial charge on any atom is -0.466 e. The molecule has 3 aromatic carbocycles. The number of ether oxygens (including phenoxy) is 2. The Labute approximate surface area is 217 Å². The third-order valence-corrected chi connectivity index (χ3v) is 5.68. The molecule has 2 unspecified atom stereocenters. The second-order valence-electron chi connectivity index (χ2n) is 8.47. The van der Waals surface area contributed by atoms with Crippen LogP contribution in [0.5, 0.6) is 0 Å². The molecule has 2 N–H and O–H groups in total. The van der Waals surface area contributed by atoms with E-state index in [1.54, 1.807) is 6.08 Å². The molecule has 0 spiro atoms. The van der Waals surface area contributed by atoms with Crippen molar-refractivity contribution in [3.8, 4) is 0 Å². The fraction of sp³-hybridized carbons (Fsp3) is 0.233. The number of aryl methyl sites for hydroxylation is 1. The molecule has 2 amide bonds. The molecule has 0 aromatic heterocycles. The summed E-state index contributed by atoms with van der Waals surface area (Å²) in [6, 6.07) is 27.3. The Morgan fingerprint density at radius 1 is 0.784 bits per heavy atom. The highest BCUT2D eigenvalue weighted by Gasteiger charge is 2.24. The van der Waals surface area contributed by atoms with Crippen LogP contribution in [-0.4, -0.2) is 37.2 Å². The van der Waals surface area contributed by atoms with E-state index >= 15 is 0 Å². The quantitative estimate of drug-likeness (QED) is 0.285. The summed E-state index contributed by atoms with van der Waals surface area (Å²) in [5.41, 5.74) is 2.84. The van der Waals surface area contributed by atoms with Crippen LogP contribution in [0.15, 0.2) is 103 Å². The Balaban J connectivity index is 1.69. The molecule has 0 heterocycles. The molecule has 2 atom stereocenters. The van der Waals surface area contributed by atoms with Crippen molar-refractivity contribution in [3.05, 3.63) is 120 Å². The maximum Gasteiger partial charge on any atom is 0.408 e. The molecule has 0 aliphatic carbocycles. The lowest BCUT2D eigenvalue weighted by atomic mass is 10.0. The number of benzene rings is 3. The number of carbonyl (C=O) groups is 3. The molecule has 0 bridgehead atoms. The molecule has 3 rings (SSSR count). The van der Waals surface area contributed by atoms with Gasteiger partial charge in [0.05, 0.1) is 7.11 Å². The van der Waals surface area contributed by atoms with Gasteiger partial charge in [0.2, 0.25) is 5.91 Å². The number of carbonyl (C=O) groups excluding carboxylic acids is 3. The predicted molar refractivity (Wildman–Crippen MR) is 142 cm³/mol. The summed E-state index contributed by atoms with van der Waals surface area (Å²) in [5.74, 6) is -0.893. The van der Waals surface area contributed by atoms with Gasteiger partial charge in [-0.2, -0.15) is 0 Å². The van der Waals surface area contributed by atoms with Crippen LogP contribution in [0.25, 0.3) is 0 Å². The number of nitrogens with one attached hydrogen (secondary N) is 2. The first-order valence-electron chi connectivity index (χ1n) is 12.1. The van der Waals surface area contributed by atoms with Crippen LogP contribution in [0.2, 0.25) is 0 Å². The van der Waals surface area contributed by atoms with Gasteiger partial charge >= 0.3 is 12.1 Å². The average Bonchev–Trinajstić information content (AvgIpc) is 2.94. The molecular formula is C30H32N2O5. The molecule has 0 saturated heterocycles. The molecule has 0 aliphatic heterocycles. The van der Waals surface area contributed by atoms with Crippen molar-refractivity contribution in [1.82, 2.24) is 10.6 Å². The molecule has 192 valence electrons. The monoisotopic (exact) mass is 500 g/mol. The first kappa shape index (κ1) is 27.2. The third-order valence-electron chi connectivity index (χ3n) is 5.68. The zero-order valence-electron chi connectivity index (χ0n) is 20.8. The SMILES string of the molecule is COC(=O)/C=C/C(CCc1ccccc1)NC(=O)C(Cc1ccccc1)NC(=O)OCc1ccccc1. The van der Waals surface area contributed by atoms with Crippen LogP contribution in [-0.2, 0) is 38.5 Å². The zero-order chi connectivity index (χ0) is 26.3. The summed E-state index contributed by atoms with van der Waals surface area (Å²) in [4.78, 5) is 37.6. The lowest BCUT2D eigenvalue weighted by Crippen LogP contribution is -2.50. The van der Waals surface area contributed by atoms with Gasteiger partial charge in [0, 0.05) is 18.5 Å². The Kier molecular flexibility index (Phi) is 10.9. The molecule has 7 heteroatoms. The topological polar surface area (TPSA) is 93.7 Å². The van der Waals surface area contributed by atoms with Gasteiger partial charge in [0.25, 0.3) is 0 Å². The molecule has 3 aromatic rings. The Morgan fingerprint density at radius 2 is 1.35 bits per heavy atom. The first-order chi connectivity index (χ1) is 18.0. The van der Waals surface area contributed by atoms with Gasteiger partial charge in [-0.05, 0) is 29.5 Å². The summed E-state index contributed by atoms with van der Waals surface area (Å²) in [6.45, 7) is 0.0912. The molecule has 37 heavy (non-hydrogen) atoms. The van der Waals surface area contributed by atoms with E-state index in [2.05, 4.69) is 10.6 Å². The lowest BCUT2D eigenvalue weighted by molar-refractivity contribution is -0.135. The first-order valence-corrected chi connectivity index (χ1v) is 12.1. The van der Waals surface area contributed by atoms with Gasteiger partial charge < -0.3 is 20.1 Å². The molecule has 0 aliphatic rings. The fourth-order valence-electron chi connectivity index (χ4n) is 3.70. The molecule has 0 fully saturated rings. The molecule has 7 nitrogen and oxygen atoms in total. The minimum atomic E-state index is -0.878. The van der Waals surface area contributed by atoms with Gasteiger partial charge in [0.15, 0.2) is 0 Å². The highest BCUT2D eigenvalue weighted by atomic mass is 16.5. The summed E-state index contributed by atoms with van der Waals surface area (Å²) < 4.78 is 10.0. The van der Waals surface area contributed by atoms with Crippen molar-refractivity contribution >= 4 is 18.0 Å². The van der Waals surface area contributed by atoms with Crippen molar-refractivity contribution in [2.75, 3.05) is 7.11 Å². The van der Waals surface area contributed by atoms with Crippen molar-refractivity contribution in [1.29, 1.82) is 0 Å². The van der Waals surface area contributed by atoms with Crippen LogP contribution >= 0.6 is 0 Å². The van der Waals surface area contributed by atoms with Crippen LogP contribution in [0.1, 0.15) is 23.1 Å². The van der Waals surface area contributed by atoms with E-state index in [1.165, 1.54) is 13.2 Å². The smallest absolute Gasteiger partial charge is 0.408 e. The second-order valence-corrected chi connectivity index (χ2v) is 8.47. The summed E-state index contributed by atoms with van der Waals surface area (Å²) in [6.07, 6.45) is 3.74. The van der Waals surface area contributed by atoms with Gasteiger partial charge in [0.1, 0.15) is 12.6 Å². The number of hydrogen-bond donors (Lipinski definition) is 2. The maximum absolute atomic E-state index is 13.4. The fourth-order valence-corrected chi connectivity index (χ4v) is 3.70.